The summed E-state index contributed by atoms with van der Waals surface area (Å²) in [7, 11) is 0. The Bertz CT molecular complexity index is 375. The third kappa shape index (κ3) is 3.01. The summed E-state index contributed by atoms with van der Waals surface area (Å²) in [6, 6.07) is 3.70. The number of nitrogens with one attached hydrogen (secondary N) is 1. The van der Waals surface area contributed by atoms with E-state index in [0.717, 1.165) is 0 Å². The summed E-state index contributed by atoms with van der Waals surface area (Å²) < 4.78 is 0.652. The van der Waals surface area contributed by atoms with E-state index in [9.17, 15) is 9.59 Å². The van der Waals surface area contributed by atoms with Gasteiger partial charge in [-0.3, -0.25) is 10.1 Å². The minimum Gasteiger partial charge on any atom is -0.351 e. The monoisotopic (exact) mass is 276 g/mol. The fourth-order valence-electron chi connectivity index (χ4n) is 0.869. The average molecular weight is 278 g/mol. The molecule has 0 aliphatic rings. The lowest BCUT2D eigenvalue weighted by atomic mass is 10.2. The van der Waals surface area contributed by atoms with Crippen LogP contribution in [0.1, 0.15) is 10.4 Å². The number of nitrogens with two attached hydrogens (primary N) is 1. The predicted molar refractivity (Wildman–Crippen MR) is 56.2 cm³/mol. The lowest BCUT2D eigenvalue weighted by Gasteiger charge is -2.02. The molecule has 0 heterocycles. The highest BCUT2D eigenvalue weighted by atomic mass is 79.9. The number of carbonyl (C=O) groups excluding carboxylic acids is 2. The van der Waals surface area contributed by atoms with Gasteiger partial charge in [0.15, 0.2) is 0 Å². The minimum absolute atomic E-state index is 0.267. The van der Waals surface area contributed by atoms with Gasteiger partial charge in [-0.15, -0.1) is 0 Å². The van der Waals surface area contributed by atoms with Gasteiger partial charge in [0, 0.05) is 15.1 Å². The molecule has 6 heteroatoms. The molecule has 0 saturated carbocycles. The van der Waals surface area contributed by atoms with Crippen molar-refractivity contribution in [3.8, 4) is 0 Å². The molecule has 0 aromatic heterocycles. The van der Waals surface area contributed by atoms with Crippen molar-refractivity contribution in [3.05, 3.63) is 33.3 Å². The van der Waals surface area contributed by atoms with E-state index in [4.69, 9.17) is 17.3 Å². The fourth-order valence-corrected chi connectivity index (χ4v) is 1.73. The highest BCUT2D eigenvalue weighted by molar-refractivity contribution is 9.10. The smallest absolute Gasteiger partial charge is 0.319 e. The van der Waals surface area contributed by atoms with Crippen LogP contribution in [0.3, 0.4) is 0 Å². The van der Waals surface area contributed by atoms with Crippen molar-refractivity contribution < 1.29 is 9.59 Å². The molecule has 0 spiro atoms. The number of halogens is 2. The second-order valence-corrected chi connectivity index (χ2v) is 3.83. The van der Waals surface area contributed by atoms with Crippen molar-refractivity contribution >= 4 is 39.5 Å². The van der Waals surface area contributed by atoms with Crippen LogP contribution < -0.4 is 11.1 Å². The third-order valence-corrected chi connectivity index (χ3v) is 2.04. The number of primary amides is 1. The zero-order valence-electron chi connectivity index (χ0n) is 6.88. The van der Waals surface area contributed by atoms with Crippen molar-refractivity contribution in [2.75, 3.05) is 0 Å². The number of urea groups is 1. The average Bonchev–Trinajstić information content (AvgIpc) is 2.00. The van der Waals surface area contributed by atoms with Crippen molar-refractivity contribution in [1.29, 1.82) is 0 Å². The van der Waals surface area contributed by atoms with Gasteiger partial charge in [0.05, 0.1) is 0 Å². The Morgan fingerprint density at radius 1 is 1.36 bits per heavy atom. The summed E-state index contributed by atoms with van der Waals surface area (Å²) in [5, 5.41) is 2.33. The molecule has 0 fully saturated rings. The maximum absolute atomic E-state index is 11.3. The molecule has 1 aromatic rings. The van der Waals surface area contributed by atoms with Gasteiger partial charge in [-0.1, -0.05) is 27.5 Å². The molecule has 1 rings (SSSR count). The molecule has 0 saturated heterocycles. The molecule has 0 radical (unpaired) electrons. The van der Waals surface area contributed by atoms with Crippen LogP contribution in [-0.4, -0.2) is 11.9 Å². The molecule has 3 N–H and O–H groups in total. The van der Waals surface area contributed by atoms with Crippen molar-refractivity contribution in [1.82, 2.24) is 5.32 Å². The highest BCUT2D eigenvalue weighted by Crippen LogP contribution is 2.19. The van der Waals surface area contributed by atoms with E-state index in [0.29, 0.717) is 9.50 Å². The van der Waals surface area contributed by atoms with Crippen LogP contribution in [0.2, 0.25) is 5.02 Å². The fraction of sp³-hybridized carbons (Fsp3) is 0. The topological polar surface area (TPSA) is 72.2 Å². The standard InChI is InChI=1S/C8H6BrClN2O2/c9-5-1-4(2-6(10)3-5)7(13)12-8(11)14/h1-3H,(H3,11,12,13,14). The van der Waals surface area contributed by atoms with Gasteiger partial charge < -0.3 is 5.73 Å². The first kappa shape index (κ1) is 11.0. The number of rotatable bonds is 1. The van der Waals surface area contributed by atoms with Gasteiger partial charge in [0.1, 0.15) is 0 Å². The first-order valence-electron chi connectivity index (χ1n) is 3.56. The van der Waals surface area contributed by atoms with Crippen LogP contribution in [0.5, 0.6) is 0 Å². The zero-order chi connectivity index (χ0) is 10.7. The van der Waals surface area contributed by atoms with Gasteiger partial charge in [-0.05, 0) is 18.2 Å². The summed E-state index contributed by atoms with van der Waals surface area (Å²) in [5.74, 6) is -0.583. The van der Waals surface area contributed by atoms with Gasteiger partial charge in [0.25, 0.3) is 5.91 Å². The molecular weight excluding hydrogens is 271 g/mol. The summed E-state index contributed by atoms with van der Waals surface area (Å²) >= 11 is 8.87. The number of hydrogen-bond donors (Lipinski definition) is 2. The molecule has 74 valence electrons. The van der Waals surface area contributed by atoms with Crippen molar-refractivity contribution in [2.45, 2.75) is 0 Å². The lowest BCUT2D eigenvalue weighted by Crippen LogP contribution is -2.34. The Hall–Kier alpha value is -1.07. The van der Waals surface area contributed by atoms with Crippen LogP contribution in [0.25, 0.3) is 0 Å². The molecule has 0 bridgehead atoms. The zero-order valence-corrected chi connectivity index (χ0v) is 9.22. The Morgan fingerprint density at radius 3 is 2.50 bits per heavy atom. The Morgan fingerprint density at radius 2 is 2.00 bits per heavy atom. The molecule has 0 aliphatic carbocycles. The number of imide groups is 1. The van der Waals surface area contributed by atoms with E-state index in [1.54, 1.807) is 6.07 Å². The van der Waals surface area contributed by atoms with Crippen molar-refractivity contribution in [2.24, 2.45) is 5.73 Å². The summed E-state index contributed by atoms with van der Waals surface area (Å²) in [5.41, 5.74) is 5.06. The largest absolute Gasteiger partial charge is 0.351 e. The summed E-state index contributed by atoms with van der Waals surface area (Å²) in [6.45, 7) is 0. The minimum atomic E-state index is -0.897. The van der Waals surface area contributed by atoms with E-state index in [-0.39, 0.29) is 5.56 Å². The second-order valence-electron chi connectivity index (χ2n) is 2.48. The number of amides is 3. The maximum Gasteiger partial charge on any atom is 0.319 e. The first-order chi connectivity index (χ1) is 6.49. The van der Waals surface area contributed by atoms with Crippen LogP contribution in [0, 0.1) is 0 Å². The van der Waals surface area contributed by atoms with Crippen LogP contribution in [0.15, 0.2) is 22.7 Å². The number of benzene rings is 1. The Labute approximate surface area is 93.5 Å². The second kappa shape index (κ2) is 4.43. The molecular formula is C8H6BrClN2O2. The SMILES string of the molecule is NC(=O)NC(=O)c1cc(Cl)cc(Br)c1. The molecule has 0 unspecified atom stereocenters. The normalized spacial score (nSPS) is 9.57. The predicted octanol–water partition coefficient (Wildman–Crippen LogP) is 1.91. The van der Waals surface area contributed by atoms with E-state index >= 15 is 0 Å². The lowest BCUT2D eigenvalue weighted by molar-refractivity contribution is 0.0966. The van der Waals surface area contributed by atoms with E-state index in [1.807, 2.05) is 5.32 Å². The van der Waals surface area contributed by atoms with Gasteiger partial charge in [0.2, 0.25) is 0 Å². The first-order valence-corrected chi connectivity index (χ1v) is 4.73. The van der Waals surface area contributed by atoms with Crippen LogP contribution in [0.4, 0.5) is 4.79 Å². The van der Waals surface area contributed by atoms with E-state index in [2.05, 4.69) is 15.9 Å². The van der Waals surface area contributed by atoms with Crippen LogP contribution >= 0.6 is 27.5 Å². The molecule has 3 amide bonds. The third-order valence-electron chi connectivity index (χ3n) is 1.36. The molecule has 4 nitrogen and oxygen atoms in total. The van der Waals surface area contributed by atoms with Gasteiger partial charge >= 0.3 is 6.03 Å². The Kier molecular flexibility index (Phi) is 3.49. The van der Waals surface area contributed by atoms with E-state index < -0.39 is 11.9 Å². The number of carbonyl (C=O) groups is 2. The summed E-state index contributed by atoms with van der Waals surface area (Å²) in [6.07, 6.45) is 0. The number of hydrogen-bond acceptors (Lipinski definition) is 2. The maximum atomic E-state index is 11.3. The molecule has 14 heavy (non-hydrogen) atoms. The molecule has 0 aliphatic heterocycles. The van der Waals surface area contributed by atoms with Crippen molar-refractivity contribution in [3.63, 3.8) is 0 Å². The Balaban J connectivity index is 2.95. The molecule has 1 aromatic carbocycles. The highest BCUT2D eigenvalue weighted by Gasteiger charge is 2.08. The quantitative estimate of drug-likeness (QED) is 0.823. The summed E-state index contributed by atoms with van der Waals surface area (Å²) in [4.78, 5) is 21.7. The van der Waals surface area contributed by atoms with Gasteiger partial charge in [-0.2, -0.15) is 0 Å². The molecule has 0 atom stereocenters. The van der Waals surface area contributed by atoms with Gasteiger partial charge in [-0.25, -0.2) is 4.79 Å². The van der Waals surface area contributed by atoms with E-state index in [1.165, 1.54) is 12.1 Å². The van der Waals surface area contributed by atoms with Crippen LogP contribution in [-0.2, 0) is 0 Å².